The molecule has 0 spiro atoms. The fraction of sp³-hybridized carbons (Fsp3) is 0.143. The van der Waals surface area contributed by atoms with Crippen LogP contribution < -0.4 is 5.63 Å². The third kappa shape index (κ3) is 2.88. The third-order valence-corrected chi connectivity index (χ3v) is 2.96. The molecule has 5 heteroatoms. The molecule has 1 aromatic carbocycles. The van der Waals surface area contributed by atoms with Gasteiger partial charge in [0.1, 0.15) is 17.1 Å². The lowest BCUT2D eigenvalue weighted by molar-refractivity contribution is 0.432. The zero-order valence-electron chi connectivity index (χ0n) is 10.5. The second-order valence-electron chi connectivity index (χ2n) is 4.09. The van der Waals surface area contributed by atoms with Crippen molar-refractivity contribution >= 4 is 24.0 Å². The lowest BCUT2D eigenvalue weighted by atomic mass is 10.1. The van der Waals surface area contributed by atoms with Gasteiger partial charge in [0.2, 0.25) is 0 Å². The van der Waals surface area contributed by atoms with E-state index in [1.165, 1.54) is 6.07 Å². The second kappa shape index (κ2) is 5.32. The van der Waals surface area contributed by atoms with Crippen molar-refractivity contribution in [1.82, 2.24) is 0 Å². The van der Waals surface area contributed by atoms with Crippen LogP contribution >= 0.6 is 12.6 Å². The molecule has 0 aliphatic carbocycles. The van der Waals surface area contributed by atoms with E-state index in [-0.39, 0.29) is 11.3 Å². The standard InChI is InChI=1S/C14H13NO3S/c1-8-7-11(16)13(14(17)18-8)9(2)15-10-5-3-4-6-12(10)19/h3-7,16,19H,1-2H3. The highest BCUT2D eigenvalue weighted by molar-refractivity contribution is 7.80. The van der Waals surface area contributed by atoms with Crippen LogP contribution in [0.15, 0.2) is 49.4 Å². The van der Waals surface area contributed by atoms with E-state index >= 15 is 0 Å². The summed E-state index contributed by atoms with van der Waals surface area (Å²) in [6.07, 6.45) is 0. The quantitative estimate of drug-likeness (QED) is 0.654. The summed E-state index contributed by atoms with van der Waals surface area (Å²) in [6, 6.07) is 8.63. The van der Waals surface area contributed by atoms with Gasteiger partial charge >= 0.3 is 5.63 Å². The van der Waals surface area contributed by atoms with Crippen molar-refractivity contribution in [2.45, 2.75) is 18.7 Å². The molecule has 0 aliphatic heterocycles. The molecule has 1 aromatic heterocycles. The number of hydrogen-bond acceptors (Lipinski definition) is 5. The molecule has 1 heterocycles. The molecule has 0 saturated heterocycles. The van der Waals surface area contributed by atoms with Gasteiger partial charge in [-0.2, -0.15) is 0 Å². The molecule has 4 nitrogen and oxygen atoms in total. The fourth-order valence-corrected chi connectivity index (χ4v) is 1.93. The molecular formula is C14H13NO3S. The number of benzene rings is 1. The highest BCUT2D eigenvalue weighted by Crippen LogP contribution is 2.24. The summed E-state index contributed by atoms with van der Waals surface area (Å²) in [5.41, 5.74) is 0.480. The predicted octanol–water partition coefficient (Wildman–Crippen LogP) is 3.08. The Balaban J connectivity index is 2.54. The molecule has 0 bridgehead atoms. The molecule has 1 N–H and O–H groups in total. The van der Waals surface area contributed by atoms with Gasteiger partial charge in [-0.1, -0.05) is 12.1 Å². The van der Waals surface area contributed by atoms with Crippen LogP contribution in [0.2, 0.25) is 0 Å². The normalized spacial score (nSPS) is 11.6. The van der Waals surface area contributed by atoms with Gasteiger partial charge in [0.25, 0.3) is 0 Å². The Hall–Kier alpha value is -2.01. The van der Waals surface area contributed by atoms with E-state index < -0.39 is 5.63 Å². The number of aryl methyl sites for hydroxylation is 1. The zero-order chi connectivity index (χ0) is 14.0. The molecule has 0 unspecified atom stereocenters. The first kappa shape index (κ1) is 13.4. The minimum absolute atomic E-state index is 0.0715. The lowest BCUT2D eigenvalue weighted by Crippen LogP contribution is -2.12. The van der Waals surface area contributed by atoms with Crippen LogP contribution in [0, 0.1) is 6.92 Å². The Bertz CT molecular complexity index is 704. The maximum atomic E-state index is 11.8. The molecular weight excluding hydrogens is 262 g/mol. The van der Waals surface area contributed by atoms with Crippen molar-refractivity contribution in [2.24, 2.45) is 4.99 Å². The summed E-state index contributed by atoms with van der Waals surface area (Å²) in [6.45, 7) is 3.24. The molecule has 2 rings (SSSR count). The minimum Gasteiger partial charge on any atom is -0.507 e. The summed E-state index contributed by atoms with van der Waals surface area (Å²) in [4.78, 5) is 16.7. The van der Waals surface area contributed by atoms with Crippen LogP contribution in [0.5, 0.6) is 5.75 Å². The molecule has 0 radical (unpaired) electrons. The van der Waals surface area contributed by atoms with Crippen molar-refractivity contribution < 1.29 is 9.52 Å². The molecule has 0 atom stereocenters. The zero-order valence-corrected chi connectivity index (χ0v) is 11.4. The van der Waals surface area contributed by atoms with Crippen molar-refractivity contribution in [1.29, 1.82) is 0 Å². The summed E-state index contributed by atoms with van der Waals surface area (Å²) in [5.74, 6) is 0.222. The van der Waals surface area contributed by atoms with E-state index in [9.17, 15) is 9.90 Å². The van der Waals surface area contributed by atoms with Crippen LogP contribution in [0.1, 0.15) is 18.2 Å². The van der Waals surface area contributed by atoms with Crippen molar-refractivity contribution in [3.63, 3.8) is 0 Å². The number of aliphatic imine (C=N–C) groups is 1. The van der Waals surface area contributed by atoms with E-state index in [1.54, 1.807) is 26.0 Å². The molecule has 0 amide bonds. The largest absolute Gasteiger partial charge is 0.507 e. The Morgan fingerprint density at radius 1 is 1.37 bits per heavy atom. The van der Waals surface area contributed by atoms with E-state index in [2.05, 4.69) is 17.6 Å². The van der Waals surface area contributed by atoms with Gasteiger partial charge in [-0.3, -0.25) is 4.99 Å². The number of rotatable bonds is 2. The Morgan fingerprint density at radius 2 is 2.05 bits per heavy atom. The first-order valence-electron chi connectivity index (χ1n) is 5.66. The van der Waals surface area contributed by atoms with Gasteiger partial charge in [-0.05, 0) is 26.0 Å². The highest BCUT2D eigenvalue weighted by Gasteiger charge is 2.13. The van der Waals surface area contributed by atoms with Gasteiger partial charge in [-0.15, -0.1) is 12.6 Å². The van der Waals surface area contributed by atoms with Crippen molar-refractivity contribution in [3.8, 4) is 5.75 Å². The maximum absolute atomic E-state index is 11.8. The monoisotopic (exact) mass is 275 g/mol. The number of nitrogens with zero attached hydrogens (tertiary/aromatic N) is 1. The van der Waals surface area contributed by atoms with Gasteiger partial charge < -0.3 is 9.52 Å². The Labute approximate surface area is 115 Å². The first-order valence-corrected chi connectivity index (χ1v) is 6.11. The second-order valence-corrected chi connectivity index (χ2v) is 4.57. The number of thiol groups is 1. The van der Waals surface area contributed by atoms with Crippen LogP contribution in [0.4, 0.5) is 5.69 Å². The van der Waals surface area contributed by atoms with Crippen LogP contribution in [-0.4, -0.2) is 10.8 Å². The fourth-order valence-electron chi connectivity index (χ4n) is 1.72. The summed E-state index contributed by atoms with van der Waals surface area (Å²) in [5, 5.41) is 9.83. The van der Waals surface area contributed by atoms with E-state index in [4.69, 9.17) is 4.42 Å². The van der Waals surface area contributed by atoms with Crippen LogP contribution in [0.25, 0.3) is 0 Å². The number of para-hydroxylation sites is 1. The highest BCUT2D eigenvalue weighted by atomic mass is 32.1. The molecule has 0 fully saturated rings. The topological polar surface area (TPSA) is 62.8 Å². The van der Waals surface area contributed by atoms with Gasteiger partial charge in [0.05, 0.1) is 11.4 Å². The lowest BCUT2D eigenvalue weighted by Gasteiger charge is -2.04. The van der Waals surface area contributed by atoms with E-state index in [0.29, 0.717) is 22.1 Å². The van der Waals surface area contributed by atoms with Gasteiger partial charge in [0, 0.05) is 11.0 Å². The number of hydrogen-bond donors (Lipinski definition) is 2. The first-order chi connectivity index (χ1) is 8.99. The molecule has 0 saturated carbocycles. The van der Waals surface area contributed by atoms with Gasteiger partial charge in [-0.25, -0.2) is 4.79 Å². The summed E-state index contributed by atoms with van der Waals surface area (Å²) in [7, 11) is 0. The molecule has 19 heavy (non-hydrogen) atoms. The summed E-state index contributed by atoms with van der Waals surface area (Å²) < 4.78 is 4.96. The average Bonchev–Trinajstić information content (AvgIpc) is 2.30. The Kier molecular flexibility index (Phi) is 3.76. The molecule has 2 aromatic rings. The van der Waals surface area contributed by atoms with E-state index in [1.807, 2.05) is 12.1 Å². The summed E-state index contributed by atoms with van der Waals surface area (Å²) >= 11 is 4.28. The Morgan fingerprint density at radius 3 is 2.68 bits per heavy atom. The van der Waals surface area contributed by atoms with Gasteiger partial charge in [0.15, 0.2) is 0 Å². The van der Waals surface area contributed by atoms with Crippen molar-refractivity contribution in [3.05, 3.63) is 52.1 Å². The smallest absolute Gasteiger partial charge is 0.348 e. The molecule has 0 aliphatic rings. The minimum atomic E-state index is -0.601. The predicted molar refractivity (Wildman–Crippen MR) is 76.9 cm³/mol. The SMILES string of the molecule is CC(=Nc1ccccc1S)c1c(O)cc(C)oc1=O. The third-order valence-electron chi connectivity index (χ3n) is 2.59. The van der Waals surface area contributed by atoms with Crippen LogP contribution in [0.3, 0.4) is 0 Å². The maximum Gasteiger partial charge on any atom is 0.348 e. The van der Waals surface area contributed by atoms with Crippen molar-refractivity contribution in [2.75, 3.05) is 0 Å². The average molecular weight is 275 g/mol. The molecule has 98 valence electrons. The van der Waals surface area contributed by atoms with E-state index in [0.717, 1.165) is 0 Å². The number of aromatic hydroxyl groups is 1. The van der Waals surface area contributed by atoms with Crippen LogP contribution in [-0.2, 0) is 0 Å².